The number of aromatic nitrogens is 1. The van der Waals surface area contributed by atoms with E-state index in [4.69, 9.17) is 5.11 Å². The van der Waals surface area contributed by atoms with Gasteiger partial charge in [-0.05, 0) is 17.5 Å². The van der Waals surface area contributed by atoms with Gasteiger partial charge in [-0.2, -0.15) is 0 Å². The highest BCUT2D eigenvalue weighted by molar-refractivity contribution is 5.82. The lowest BCUT2D eigenvalue weighted by molar-refractivity contribution is -0.140. The zero-order valence-electron chi connectivity index (χ0n) is 12.0. The van der Waals surface area contributed by atoms with Gasteiger partial charge in [0.2, 0.25) is 0 Å². The summed E-state index contributed by atoms with van der Waals surface area (Å²) in [5.41, 5.74) is 0.889. The third kappa shape index (κ3) is 4.53. The van der Waals surface area contributed by atoms with Crippen molar-refractivity contribution < 1.29 is 14.7 Å². The van der Waals surface area contributed by atoms with E-state index in [0.717, 1.165) is 5.56 Å². The first-order valence-corrected chi connectivity index (χ1v) is 6.59. The van der Waals surface area contributed by atoms with Crippen LogP contribution in [-0.2, 0) is 11.3 Å². The van der Waals surface area contributed by atoms with Gasteiger partial charge in [0, 0.05) is 26.0 Å². The summed E-state index contributed by atoms with van der Waals surface area (Å²) in [4.78, 5) is 28.6. The summed E-state index contributed by atoms with van der Waals surface area (Å²) < 4.78 is 0. The minimum Gasteiger partial charge on any atom is -0.480 e. The van der Waals surface area contributed by atoms with Gasteiger partial charge in [0.1, 0.15) is 6.04 Å². The average molecular weight is 279 g/mol. The largest absolute Gasteiger partial charge is 0.480 e. The van der Waals surface area contributed by atoms with Crippen LogP contribution in [0, 0.1) is 5.92 Å². The first kappa shape index (κ1) is 15.9. The summed E-state index contributed by atoms with van der Waals surface area (Å²) in [6.45, 7) is 4.08. The maximum absolute atomic E-state index is 12.0. The fraction of sp³-hybridized carbons (Fsp3) is 0.500. The SMILES string of the molecule is CCC(C)[C@H](NC(=O)N(C)Cc1cccnc1)C(=O)O. The van der Waals surface area contributed by atoms with Crippen LogP contribution in [0.2, 0.25) is 0 Å². The molecule has 0 aliphatic carbocycles. The number of carbonyl (C=O) groups is 2. The lowest BCUT2D eigenvalue weighted by Crippen LogP contribution is -2.49. The number of carboxylic acids is 1. The van der Waals surface area contributed by atoms with Gasteiger partial charge in [0.25, 0.3) is 0 Å². The number of carboxylic acid groups (broad SMARTS) is 1. The van der Waals surface area contributed by atoms with Crippen LogP contribution in [-0.4, -0.2) is 40.1 Å². The van der Waals surface area contributed by atoms with E-state index in [2.05, 4.69) is 10.3 Å². The lowest BCUT2D eigenvalue weighted by atomic mass is 9.99. The van der Waals surface area contributed by atoms with Crippen LogP contribution in [0.4, 0.5) is 4.79 Å². The van der Waals surface area contributed by atoms with E-state index in [1.807, 2.05) is 13.0 Å². The molecule has 2 N–H and O–H groups in total. The van der Waals surface area contributed by atoms with E-state index in [1.54, 1.807) is 32.4 Å². The minimum atomic E-state index is -1.01. The Bertz CT molecular complexity index is 450. The molecule has 0 spiro atoms. The Hall–Kier alpha value is -2.11. The van der Waals surface area contributed by atoms with Crippen molar-refractivity contribution in [3.05, 3.63) is 30.1 Å². The minimum absolute atomic E-state index is 0.122. The molecule has 6 nitrogen and oxygen atoms in total. The standard InChI is InChI=1S/C14H21N3O3/c1-4-10(2)12(13(18)19)16-14(20)17(3)9-11-6-5-7-15-8-11/h5-8,10,12H,4,9H2,1-3H3,(H,16,20)(H,18,19)/t10?,12-/m0/s1. The molecule has 1 unspecified atom stereocenters. The van der Waals surface area contributed by atoms with E-state index < -0.39 is 18.0 Å². The van der Waals surface area contributed by atoms with Crippen LogP contribution < -0.4 is 5.32 Å². The van der Waals surface area contributed by atoms with Gasteiger partial charge in [0.05, 0.1) is 0 Å². The van der Waals surface area contributed by atoms with Crippen molar-refractivity contribution in [3.8, 4) is 0 Å². The molecule has 0 radical (unpaired) electrons. The Morgan fingerprint density at radius 3 is 2.70 bits per heavy atom. The molecular formula is C14H21N3O3. The zero-order valence-corrected chi connectivity index (χ0v) is 12.0. The summed E-state index contributed by atoms with van der Waals surface area (Å²) in [5.74, 6) is -1.13. The number of nitrogens with zero attached hydrogens (tertiary/aromatic N) is 2. The van der Waals surface area contributed by atoms with E-state index >= 15 is 0 Å². The van der Waals surface area contributed by atoms with Gasteiger partial charge >= 0.3 is 12.0 Å². The lowest BCUT2D eigenvalue weighted by Gasteiger charge is -2.24. The van der Waals surface area contributed by atoms with Gasteiger partial charge in [-0.1, -0.05) is 26.3 Å². The molecule has 20 heavy (non-hydrogen) atoms. The highest BCUT2D eigenvalue weighted by atomic mass is 16.4. The zero-order chi connectivity index (χ0) is 15.1. The second-order valence-corrected chi connectivity index (χ2v) is 4.87. The van der Waals surface area contributed by atoms with Crippen molar-refractivity contribution >= 4 is 12.0 Å². The molecule has 0 fully saturated rings. The molecule has 0 saturated heterocycles. The molecule has 2 amide bonds. The average Bonchev–Trinajstić information content (AvgIpc) is 2.44. The van der Waals surface area contributed by atoms with Crippen LogP contribution >= 0.6 is 0 Å². The molecule has 2 atom stereocenters. The second kappa shape index (κ2) is 7.47. The summed E-state index contributed by atoms with van der Waals surface area (Å²) in [6, 6.07) is 2.38. The molecule has 0 aliphatic heterocycles. The molecule has 1 heterocycles. The number of hydrogen-bond acceptors (Lipinski definition) is 3. The molecule has 0 saturated carbocycles. The molecular weight excluding hydrogens is 258 g/mol. The summed E-state index contributed by atoms with van der Waals surface area (Å²) in [6.07, 6.45) is 4.02. The van der Waals surface area contributed by atoms with Gasteiger partial charge in [-0.15, -0.1) is 0 Å². The second-order valence-electron chi connectivity index (χ2n) is 4.87. The number of rotatable bonds is 6. The Morgan fingerprint density at radius 2 is 2.20 bits per heavy atom. The third-order valence-corrected chi connectivity index (χ3v) is 3.25. The van der Waals surface area contributed by atoms with Gasteiger partial charge in [0.15, 0.2) is 0 Å². The number of hydrogen-bond donors (Lipinski definition) is 2. The predicted molar refractivity (Wildman–Crippen MR) is 75.1 cm³/mol. The Labute approximate surface area is 118 Å². The number of aliphatic carboxylic acids is 1. The normalized spacial score (nSPS) is 13.3. The molecule has 0 bridgehead atoms. The quantitative estimate of drug-likeness (QED) is 0.830. The van der Waals surface area contributed by atoms with Crippen molar-refractivity contribution in [3.63, 3.8) is 0 Å². The number of carbonyl (C=O) groups excluding carboxylic acids is 1. The molecule has 1 rings (SSSR count). The highest BCUT2D eigenvalue weighted by Crippen LogP contribution is 2.09. The fourth-order valence-electron chi connectivity index (χ4n) is 1.76. The predicted octanol–water partition coefficient (Wildman–Crippen LogP) is 1.72. The monoisotopic (exact) mass is 279 g/mol. The number of amides is 2. The topological polar surface area (TPSA) is 82.5 Å². The van der Waals surface area contributed by atoms with E-state index in [0.29, 0.717) is 13.0 Å². The van der Waals surface area contributed by atoms with Gasteiger partial charge in [-0.3, -0.25) is 4.98 Å². The van der Waals surface area contributed by atoms with Gasteiger partial charge in [-0.25, -0.2) is 9.59 Å². The van der Waals surface area contributed by atoms with E-state index in [1.165, 1.54) is 4.90 Å². The van der Waals surface area contributed by atoms with Crippen LogP contribution in [0.1, 0.15) is 25.8 Å². The van der Waals surface area contributed by atoms with Crippen LogP contribution in [0.25, 0.3) is 0 Å². The molecule has 0 aliphatic rings. The van der Waals surface area contributed by atoms with Crippen molar-refractivity contribution in [2.45, 2.75) is 32.9 Å². The first-order valence-electron chi connectivity index (χ1n) is 6.59. The summed E-state index contributed by atoms with van der Waals surface area (Å²) >= 11 is 0. The van der Waals surface area contributed by atoms with Gasteiger partial charge < -0.3 is 15.3 Å². The van der Waals surface area contributed by atoms with Crippen LogP contribution in [0.5, 0.6) is 0 Å². The fourth-order valence-corrected chi connectivity index (χ4v) is 1.76. The van der Waals surface area contributed by atoms with Crippen molar-refractivity contribution in [1.82, 2.24) is 15.2 Å². The van der Waals surface area contributed by atoms with E-state index in [-0.39, 0.29) is 5.92 Å². The number of nitrogens with one attached hydrogen (secondary N) is 1. The van der Waals surface area contributed by atoms with Crippen LogP contribution in [0.15, 0.2) is 24.5 Å². The van der Waals surface area contributed by atoms with Crippen molar-refractivity contribution in [2.75, 3.05) is 7.05 Å². The Kier molecular flexibility index (Phi) is 5.96. The number of urea groups is 1. The van der Waals surface area contributed by atoms with Crippen molar-refractivity contribution in [1.29, 1.82) is 0 Å². The van der Waals surface area contributed by atoms with E-state index in [9.17, 15) is 9.59 Å². The Balaban J connectivity index is 2.62. The van der Waals surface area contributed by atoms with Crippen LogP contribution in [0.3, 0.4) is 0 Å². The molecule has 0 aromatic carbocycles. The molecule has 1 aromatic heterocycles. The number of pyridine rings is 1. The van der Waals surface area contributed by atoms with Crippen molar-refractivity contribution in [2.24, 2.45) is 5.92 Å². The Morgan fingerprint density at radius 1 is 1.50 bits per heavy atom. The highest BCUT2D eigenvalue weighted by Gasteiger charge is 2.26. The maximum atomic E-state index is 12.0. The first-order chi connectivity index (χ1) is 9.45. The third-order valence-electron chi connectivity index (χ3n) is 3.25. The smallest absolute Gasteiger partial charge is 0.326 e. The summed E-state index contributed by atoms with van der Waals surface area (Å²) in [7, 11) is 1.62. The molecule has 1 aromatic rings. The summed E-state index contributed by atoms with van der Waals surface area (Å²) in [5, 5.41) is 11.7. The molecule has 110 valence electrons. The molecule has 6 heteroatoms. The maximum Gasteiger partial charge on any atom is 0.326 e.